The number of benzene rings is 2. The molecule has 0 radical (unpaired) electrons. The van der Waals surface area contributed by atoms with E-state index in [9.17, 15) is 14.7 Å². The normalized spacial score (nSPS) is 10.3. The van der Waals surface area contributed by atoms with Crippen molar-refractivity contribution >= 4 is 23.2 Å². The molecule has 2 rings (SSSR count). The number of methoxy groups -OCH3 is 4. The number of phenolic OH excluding ortho intramolecular Hbond substituents is 1. The van der Waals surface area contributed by atoms with Gasteiger partial charge in [-0.15, -0.1) is 0 Å². The monoisotopic (exact) mass is 394 g/mol. The Morgan fingerprint density at radius 2 is 1.52 bits per heavy atom. The van der Waals surface area contributed by atoms with Gasteiger partial charge in [-0.2, -0.15) is 0 Å². The maximum atomic E-state index is 12.6. The first-order valence-electron chi connectivity index (χ1n) is 7.79. The fraction of sp³-hybridized carbons (Fsp3) is 0.263. The van der Waals surface area contributed by atoms with Crippen LogP contribution in [0.4, 0.5) is 0 Å². The van der Waals surface area contributed by atoms with Crippen LogP contribution < -0.4 is 18.9 Å². The smallest absolute Gasteiger partial charge is 0.203 e. The van der Waals surface area contributed by atoms with E-state index in [2.05, 4.69) is 0 Å². The van der Waals surface area contributed by atoms with Crippen LogP contribution in [0.2, 0.25) is 5.02 Å². The van der Waals surface area contributed by atoms with Gasteiger partial charge >= 0.3 is 0 Å². The molecule has 0 saturated carbocycles. The first kappa shape index (κ1) is 20.4. The zero-order chi connectivity index (χ0) is 20.1. The molecule has 0 aliphatic heterocycles. The number of ketones is 2. The molecule has 0 saturated heterocycles. The zero-order valence-corrected chi connectivity index (χ0v) is 16.0. The van der Waals surface area contributed by atoms with E-state index in [-0.39, 0.29) is 27.6 Å². The number of rotatable bonds is 8. The number of hydrogen-bond acceptors (Lipinski definition) is 7. The largest absolute Gasteiger partial charge is 0.504 e. The molecule has 0 aromatic heterocycles. The summed E-state index contributed by atoms with van der Waals surface area (Å²) >= 11 is 6.09. The molecule has 0 aliphatic carbocycles. The van der Waals surface area contributed by atoms with Crippen molar-refractivity contribution in [1.29, 1.82) is 0 Å². The summed E-state index contributed by atoms with van der Waals surface area (Å²) in [7, 11) is 5.60. The lowest BCUT2D eigenvalue weighted by molar-refractivity contribution is 0.0892. The summed E-state index contributed by atoms with van der Waals surface area (Å²) in [4.78, 5) is 25.1. The van der Waals surface area contributed by atoms with Crippen molar-refractivity contribution in [3.63, 3.8) is 0 Å². The average Bonchev–Trinajstić information content (AvgIpc) is 2.66. The van der Waals surface area contributed by atoms with Crippen molar-refractivity contribution in [1.82, 2.24) is 0 Å². The summed E-state index contributed by atoms with van der Waals surface area (Å²) in [5, 5.41) is 10.3. The molecule has 8 heteroatoms. The van der Waals surface area contributed by atoms with E-state index >= 15 is 0 Å². The van der Waals surface area contributed by atoms with Gasteiger partial charge in [0, 0.05) is 11.6 Å². The highest BCUT2D eigenvalue weighted by Crippen LogP contribution is 2.43. The Kier molecular flexibility index (Phi) is 6.52. The predicted molar refractivity (Wildman–Crippen MR) is 99.0 cm³/mol. The quantitative estimate of drug-likeness (QED) is 0.540. The molecule has 1 N–H and O–H groups in total. The highest BCUT2D eigenvalue weighted by molar-refractivity contribution is 6.35. The van der Waals surface area contributed by atoms with Gasteiger partial charge < -0.3 is 24.1 Å². The summed E-state index contributed by atoms with van der Waals surface area (Å²) in [5.41, 5.74) is 0.0558. The van der Waals surface area contributed by atoms with E-state index in [4.69, 9.17) is 30.5 Å². The van der Waals surface area contributed by atoms with Gasteiger partial charge in [0.1, 0.15) is 0 Å². The third-order valence-corrected chi connectivity index (χ3v) is 4.20. The first-order chi connectivity index (χ1) is 12.9. The fourth-order valence-electron chi connectivity index (χ4n) is 2.56. The van der Waals surface area contributed by atoms with Gasteiger partial charge in [-0.25, -0.2) is 0 Å². The Bertz CT molecular complexity index is 877. The third kappa shape index (κ3) is 4.09. The highest BCUT2D eigenvalue weighted by Gasteiger charge is 2.25. The van der Waals surface area contributed by atoms with Gasteiger partial charge in [-0.3, -0.25) is 9.59 Å². The van der Waals surface area contributed by atoms with E-state index < -0.39 is 23.7 Å². The van der Waals surface area contributed by atoms with E-state index in [1.165, 1.54) is 46.6 Å². The van der Waals surface area contributed by atoms with Crippen LogP contribution in [-0.4, -0.2) is 45.1 Å². The lowest BCUT2D eigenvalue weighted by Crippen LogP contribution is -2.10. The average molecular weight is 395 g/mol. The second-order valence-electron chi connectivity index (χ2n) is 5.41. The minimum Gasteiger partial charge on any atom is -0.504 e. The van der Waals surface area contributed by atoms with Gasteiger partial charge in [-0.1, -0.05) is 11.6 Å². The van der Waals surface area contributed by atoms with Crippen molar-refractivity contribution in [2.75, 3.05) is 28.4 Å². The molecule has 2 aromatic rings. The number of carbonyl (C=O) groups is 2. The molecule has 7 nitrogen and oxygen atoms in total. The van der Waals surface area contributed by atoms with Crippen LogP contribution in [0.1, 0.15) is 27.1 Å². The lowest BCUT2D eigenvalue weighted by atomic mass is 10.00. The van der Waals surface area contributed by atoms with E-state index in [1.807, 2.05) is 0 Å². The Labute approximate surface area is 161 Å². The second-order valence-corrected chi connectivity index (χ2v) is 5.82. The molecule has 0 aliphatic rings. The van der Waals surface area contributed by atoms with Crippen LogP contribution in [0.25, 0.3) is 0 Å². The SMILES string of the molecule is COc1ccc(C(=O)CC(=O)c2c(Cl)cc(OC)c(OC)c2O)cc1OC. The van der Waals surface area contributed by atoms with Gasteiger partial charge in [0.15, 0.2) is 34.6 Å². The van der Waals surface area contributed by atoms with E-state index in [0.29, 0.717) is 11.5 Å². The summed E-state index contributed by atoms with van der Waals surface area (Å²) < 4.78 is 20.4. The van der Waals surface area contributed by atoms with Gasteiger partial charge in [0.25, 0.3) is 0 Å². The van der Waals surface area contributed by atoms with Crippen molar-refractivity contribution in [2.24, 2.45) is 0 Å². The molecule has 0 unspecified atom stereocenters. The fourth-order valence-corrected chi connectivity index (χ4v) is 2.85. The summed E-state index contributed by atoms with van der Waals surface area (Å²) in [6.07, 6.45) is -0.502. The summed E-state index contributed by atoms with van der Waals surface area (Å²) in [6.45, 7) is 0. The van der Waals surface area contributed by atoms with Crippen LogP contribution in [0.3, 0.4) is 0 Å². The molecule has 0 atom stereocenters. The van der Waals surface area contributed by atoms with Crippen molar-refractivity contribution in [3.05, 3.63) is 40.4 Å². The minimum absolute atomic E-state index is 0.0381. The highest BCUT2D eigenvalue weighted by atomic mass is 35.5. The topological polar surface area (TPSA) is 91.3 Å². The van der Waals surface area contributed by atoms with Crippen LogP contribution in [0.15, 0.2) is 24.3 Å². The molecule has 27 heavy (non-hydrogen) atoms. The van der Waals surface area contributed by atoms with Gasteiger partial charge in [0.05, 0.1) is 45.4 Å². The maximum absolute atomic E-state index is 12.6. The molecule has 0 amide bonds. The molecular formula is C19H19ClO7. The number of halogens is 1. The molecule has 0 fully saturated rings. The van der Waals surface area contributed by atoms with Crippen molar-refractivity contribution in [2.45, 2.75) is 6.42 Å². The second kappa shape index (κ2) is 8.64. The molecule has 0 bridgehead atoms. The van der Waals surface area contributed by atoms with E-state index in [0.717, 1.165) is 0 Å². The molecule has 0 spiro atoms. The first-order valence-corrected chi connectivity index (χ1v) is 8.17. The predicted octanol–water partition coefficient (Wildman–Crippen LogP) is 3.54. The zero-order valence-electron chi connectivity index (χ0n) is 15.3. The number of carbonyl (C=O) groups excluding carboxylic acids is 2. The summed E-state index contributed by atoms with van der Waals surface area (Å²) in [5.74, 6) is -0.647. The minimum atomic E-state index is -0.654. The van der Waals surface area contributed by atoms with Crippen molar-refractivity contribution in [3.8, 4) is 28.7 Å². The molecule has 2 aromatic carbocycles. The number of hydrogen-bond donors (Lipinski definition) is 1. The standard InChI is InChI=1S/C19H19ClO7/c1-24-14-6-5-10(7-15(14)25-2)12(21)9-13(22)17-11(20)8-16(26-3)19(27-4)18(17)23/h5-8,23H,9H2,1-4H3. The Morgan fingerprint density at radius 3 is 2.07 bits per heavy atom. The molecular weight excluding hydrogens is 376 g/mol. The number of aromatic hydroxyl groups is 1. The Morgan fingerprint density at radius 1 is 0.889 bits per heavy atom. The third-order valence-electron chi connectivity index (χ3n) is 3.90. The van der Waals surface area contributed by atoms with Gasteiger partial charge in [-0.05, 0) is 18.2 Å². The van der Waals surface area contributed by atoms with E-state index in [1.54, 1.807) is 6.07 Å². The number of ether oxygens (including phenoxy) is 4. The lowest BCUT2D eigenvalue weighted by Gasteiger charge is -2.14. The van der Waals surface area contributed by atoms with Crippen LogP contribution in [0, 0.1) is 0 Å². The Hall–Kier alpha value is -2.93. The summed E-state index contributed by atoms with van der Waals surface area (Å²) in [6, 6.07) is 5.91. The maximum Gasteiger partial charge on any atom is 0.203 e. The molecule has 0 heterocycles. The van der Waals surface area contributed by atoms with Crippen LogP contribution >= 0.6 is 11.6 Å². The van der Waals surface area contributed by atoms with Gasteiger partial charge in [0.2, 0.25) is 5.75 Å². The Balaban J connectivity index is 2.34. The number of phenols is 1. The number of Topliss-reactive ketones (excluding diaryl/α,β-unsaturated/α-hetero) is 2. The van der Waals surface area contributed by atoms with Crippen LogP contribution in [-0.2, 0) is 0 Å². The molecule has 144 valence electrons. The van der Waals surface area contributed by atoms with Crippen molar-refractivity contribution < 1.29 is 33.6 Å². The van der Waals surface area contributed by atoms with Crippen LogP contribution in [0.5, 0.6) is 28.7 Å².